The zero-order valence-electron chi connectivity index (χ0n) is 9.59. The molecule has 1 aromatic carbocycles. The van der Waals surface area contributed by atoms with Crippen LogP contribution in [0.3, 0.4) is 0 Å². The third-order valence-corrected chi connectivity index (χ3v) is 2.50. The molecule has 3 N–H and O–H groups in total. The molecule has 1 unspecified atom stereocenters. The van der Waals surface area contributed by atoms with E-state index in [0.717, 1.165) is 5.56 Å². The standard InChI is InChI=1S/C12H17FN2O/c1-8-3-4-10(5-11(8)13)7-15-12(16)9(2)6-14/h3-5,9H,6-7,14H2,1-2H3,(H,15,16). The number of hydrogen-bond acceptors (Lipinski definition) is 2. The van der Waals surface area contributed by atoms with E-state index in [1.54, 1.807) is 26.0 Å². The molecule has 0 saturated carbocycles. The van der Waals surface area contributed by atoms with Gasteiger partial charge in [-0.3, -0.25) is 4.79 Å². The summed E-state index contributed by atoms with van der Waals surface area (Å²) in [5, 5.41) is 2.71. The van der Waals surface area contributed by atoms with Crippen molar-refractivity contribution in [3.63, 3.8) is 0 Å². The van der Waals surface area contributed by atoms with E-state index in [0.29, 0.717) is 18.7 Å². The molecule has 88 valence electrons. The van der Waals surface area contributed by atoms with Crippen LogP contribution in [0.1, 0.15) is 18.1 Å². The molecular formula is C12H17FN2O. The Kier molecular flexibility index (Phi) is 4.43. The van der Waals surface area contributed by atoms with Gasteiger partial charge in [-0.1, -0.05) is 19.1 Å². The summed E-state index contributed by atoms with van der Waals surface area (Å²) in [6.45, 7) is 4.10. The third kappa shape index (κ3) is 3.31. The zero-order chi connectivity index (χ0) is 12.1. The second-order valence-electron chi connectivity index (χ2n) is 3.94. The van der Waals surface area contributed by atoms with E-state index in [4.69, 9.17) is 5.73 Å². The Balaban J connectivity index is 2.55. The second kappa shape index (κ2) is 5.61. The van der Waals surface area contributed by atoms with Gasteiger partial charge in [0, 0.05) is 19.0 Å². The summed E-state index contributed by atoms with van der Waals surface area (Å²) < 4.78 is 13.2. The number of nitrogens with one attached hydrogen (secondary N) is 1. The summed E-state index contributed by atoms with van der Waals surface area (Å²) in [6, 6.07) is 4.93. The molecule has 0 bridgehead atoms. The molecule has 3 nitrogen and oxygen atoms in total. The van der Waals surface area contributed by atoms with Crippen LogP contribution in [0, 0.1) is 18.7 Å². The van der Waals surface area contributed by atoms with E-state index in [-0.39, 0.29) is 17.6 Å². The lowest BCUT2D eigenvalue weighted by molar-refractivity contribution is -0.124. The monoisotopic (exact) mass is 224 g/mol. The average molecular weight is 224 g/mol. The number of aryl methyl sites for hydroxylation is 1. The van der Waals surface area contributed by atoms with E-state index >= 15 is 0 Å². The maximum absolute atomic E-state index is 13.2. The van der Waals surface area contributed by atoms with Crippen molar-refractivity contribution in [3.8, 4) is 0 Å². The molecule has 1 amide bonds. The van der Waals surface area contributed by atoms with E-state index < -0.39 is 0 Å². The maximum atomic E-state index is 13.2. The molecule has 1 aromatic rings. The van der Waals surface area contributed by atoms with Crippen molar-refractivity contribution >= 4 is 5.91 Å². The Morgan fingerprint density at radius 2 is 2.25 bits per heavy atom. The molecule has 0 radical (unpaired) electrons. The second-order valence-corrected chi connectivity index (χ2v) is 3.94. The molecule has 0 heterocycles. The van der Waals surface area contributed by atoms with Crippen molar-refractivity contribution in [3.05, 3.63) is 35.1 Å². The minimum atomic E-state index is -0.251. The van der Waals surface area contributed by atoms with E-state index in [2.05, 4.69) is 5.32 Å². The Morgan fingerprint density at radius 1 is 1.56 bits per heavy atom. The number of benzene rings is 1. The first-order valence-electron chi connectivity index (χ1n) is 5.27. The molecule has 0 aliphatic rings. The minimum Gasteiger partial charge on any atom is -0.352 e. The van der Waals surface area contributed by atoms with Crippen molar-refractivity contribution in [1.29, 1.82) is 0 Å². The highest BCUT2D eigenvalue weighted by atomic mass is 19.1. The lowest BCUT2D eigenvalue weighted by Gasteiger charge is -2.10. The fraction of sp³-hybridized carbons (Fsp3) is 0.417. The number of carbonyl (C=O) groups excluding carboxylic acids is 1. The Hall–Kier alpha value is -1.42. The van der Waals surface area contributed by atoms with Gasteiger partial charge >= 0.3 is 0 Å². The summed E-state index contributed by atoms with van der Waals surface area (Å²) in [7, 11) is 0. The van der Waals surface area contributed by atoms with Gasteiger partial charge in [-0.2, -0.15) is 0 Å². The summed E-state index contributed by atoms with van der Waals surface area (Å²) >= 11 is 0. The first kappa shape index (κ1) is 12.6. The molecular weight excluding hydrogens is 207 g/mol. The number of amides is 1. The highest BCUT2D eigenvalue weighted by molar-refractivity contribution is 5.78. The quantitative estimate of drug-likeness (QED) is 0.811. The minimum absolute atomic E-state index is 0.108. The maximum Gasteiger partial charge on any atom is 0.224 e. The molecule has 1 rings (SSSR count). The van der Waals surface area contributed by atoms with Gasteiger partial charge in [0.1, 0.15) is 5.82 Å². The molecule has 0 aliphatic carbocycles. The number of halogens is 1. The van der Waals surface area contributed by atoms with Gasteiger partial charge < -0.3 is 11.1 Å². The van der Waals surface area contributed by atoms with Gasteiger partial charge in [-0.15, -0.1) is 0 Å². The van der Waals surface area contributed by atoms with Crippen LogP contribution in [0.5, 0.6) is 0 Å². The summed E-state index contributed by atoms with van der Waals surface area (Å²) in [5.41, 5.74) is 6.72. The lowest BCUT2D eigenvalue weighted by atomic mass is 10.1. The highest BCUT2D eigenvalue weighted by Gasteiger charge is 2.10. The van der Waals surface area contributed by atoms with Crippen molar-refractivity contribution in [2.24, 2.45) is 11.7 Å². The van der Waals surface area contributed by atoms with Crippen LogP contribution in [0.2, 0.25) is 0 Å². The molecule has 16 heavy (non-hydrogen) atoms. The van der Waals surface area contributed by atoms with Crippen molar-refractivity contribution in [1.82, 2.24) is 5.32 Å². The number of nitrogens with two attached hydrogens (primary N) is 1. The largest absolute Gasteiger partial charge is 0.352 e. The molecule has 1 atom stereocenters. The van der Waals surface area contributed by atoms with Gasteiger partial charge in [0.25, 0.3) is 0 Å². The van der Waals surface area contributed by atoms with Gasteiger partial charge in [0.2, 0.25) is 5.91 Å². The molecule has 0 spiro atoms. The summed E-state index contributed by atoms with van der Waals surface area (Å²) in [5.74, 6) is -0.572. The van der Waals surface area contributed by atoms with Crippen LogP contribution in [0.25, 0.3) is 0 Å². The van der Waals surface area contributed by atoms with Crippen LogP contribution in [0.15, 0.2) is 18.2 Å². The molecule has 4 heteroatoms. The fourth-order valence-electron chi connectivity index (χ4n) is 1.22. The van der Waals surface area contributed by atoms with Crippen LogP contribution in [-0.4, -0.2) is 12.5 Å². The van der Waals surface area contributed by atoms with Crippen LogP contribution < -0.4 is 11.1 Å². The summed E-state index contributed by atoms with van der Waals surface area (Å²) in [4.78, 5) is 11.4. The van der Waals surface area contributed by atoms with E-state index in [9.17, 15) is 9.18 Å². The van der Waals surface area contributed by atoms with Gasteiger partial charge in [0.15, 0.2) is 0 Å². The Bertz CT molecular complexity index is 379. The van der Waals surface area contributed by atoms with E-state index in [1.165, 1.54) is 6.07 Å². The fourth-order valence-corrected chi connectivity index (χ4v) is 1.22. The SMILES string of the molecule is Cc1ccc(CNC(=O)C(C)CN)cc1F. The number of carbonyl (C=O) groups is 1. The van der Waals surface area contributed by atoms with Crippen LogP contribution in [0.4, 0.5) is 4.39 Å². The predicted molar refractivity (Wildman–Crippen MR) is 61.2 cm³/mol. The van der Waals surface area contributed by atoms with E-state index in [1.807, 2.05) is 0 Å². The Morgan fingerprint density at radius 3 is 2.81 bits per heavy atom. The first-order chi connectivity index (χ1) is 7.54. The normalized spacial score (nSPS) is 12.2. The van der Waals surface area contributed by atoms with Crippen molar-refractivity contribution in [2.45, 2.75) is 20.4 Å². The lowest BCUT2D eigenvalue weighted by Crippen LogP contribution is -2.32. The molecule has 0 saturated heterocycles. The highest BCUT2D eigenvalue weighted by Crippen LogP contribution is 2.09. The van der Waals surface area contributed by atoms with Crippen molar-refractivity contribution in [2.75, 3.05) is 6.54 Å². The Labute approximate surface area is 94.8 Å². The van der Waals surface area contributed by atoms with Gasteiger partial charge in [-0.25, -0.2) is 4.39 Å². The van der Waals surface area contributed by atoms with Crippen molar-refractivity contribution < 1.29 is 9.18 Å². The van der Waals surface area contributed by atoms with Crippen LogP contribution >= 0.6 is 0 Å². The number of hydrogen-bond donors (Lipinski definition) is 2. The topological polar surface area (TPSA) is 55.1 Å². The van der Waals surface area contributed by atoms with Gasteiger partial charge in [0.05, 0.1) is 0 Å². The number of rotatable bonds is 4. The molecule has 0 aromatic heterocycles. The van der Waals surface area contributed by atoms with Crippen LogP contribution in [-0.2, 0) is 11.3 Å². The zero-order valence-corrected chi connectivity index (χ0v) is 9.59. The van der Waals surface area contributed by atoms with Gasteiger partial charge in [-0.05, 0) is 24.1 Å². The molecule has 0 aliphatic heterocycles. The molecule has 0 fully saturated rings. The smallest absolute Gasteiger partial charge is 0.224 e. The first-order valence-corrected chi connectivity index (χ1v) is 5.27. The summed E-state index contributed by atoms with van der Waals surface area (Å²) in [6.07, 6.45) is 0. The predicted octanol–water partition coefficient (Wildman–Crippen LogP) is 1.35. The average Bonchev–Trinajstić information content (AvgIpc) is 2.29. The third-order valence-electron chi connectivity index (χ3n) is 2.50.